The summed E-state index contributed by atoms with van der Waals surface area (Å²) in [5.41, 5.74) is 0.623. The molecule has 1 fully saturated rings. The molecule has 100 valence electrons. The third-order valence-electron chi connectivity index (χ3n) is 3.11. The van der Waals surface area contributed by atoms with Gasteiger partial charge in [0.15, 0.2) is 0 Å². The van der Waals surface area contributed by atoms with Crippen LogP contribution in [-0.4, -0.2) is 30.5 Å². The number of hydrogen-bond acceptors (Lipinski definition) is 3. The van der Waals surface area contributed by atoms with Gasteiger partial charge in [0.2, 0.25) is 0 Å². The van der Waals surface area contributed by atoms with Crippen molar-refractivity contribution in [1.29, 1.82) is 5.26 Å². The number of carbonyl (C=O) groups is 1. The van der Waals surface area contributed by atoms with Gasteiger partial charge in [-0.3, -0.25) is 4.79 Å². The van der Waals surface area contributed by atoms with Crippen LogP contribution in [0.5, 0.6) is 5.75 Å². The minimum absolute atomic E-state index is 0.0129. The van der Waals surface area contributed by atoms with Crippen LogP contribution in [0.2, 0.25) is 0 Å². The minimum atomic E-state index is -0.0129. The summed E-state index contributed by atoms with van der Waals surface area (Å²) in [4.78, 5) is 14.2. The van der Waals surface area contributed by atoms with Gasteiger partial charge in [-0.1, -0.05) is 0 Å². The number of methoxy groups -OCH3 is 1. The summed E-state index contributed by atoms with van der Waals surface area (Å²) in [6.07, 6.45) is 2.45. The molecule has 1 aliphatic carbocycles. The molecule has 1 aliphatic rings. The number of nitriles is 1. The molecule has 4 nitrogen and oxygen atoms in total. The summed E-state index contributed by atoms with van der Waals surface area (Å²) in [7, 11) is 1.59. The van der Waals surface area contributed by atoms with Crippen molar-refractivity contribution >= 4 is 21.8 Å². The van der Waals surface area contributed by atoms with Crippen LogP contribution in [0.1, 0.15) is 29.6 Å². The van der Waals surface area contributed by atoms with Gasteiger partial charge in [0.25, 0.3) is 5.91 Å². The number of amides is 1. The Kier molecular flexibility index (Phi) is 4.43. The number of rotatable bonds is 5. The number of ether oxygens (including phenoxy) is 1. The molecule has 0 heterocycles. The number of carbonyl (C=O) groups excluding carboxylic acids is 1. The lowest BCUT2D eigenvalue weighted by atomic mass is 10.2. The van der Waals surface area contributed by atoms with Crippen molar-refractivity contribution < 1.29 is 9.53 Å². The molecule has 2 rings (SSSR count). The van der Waals surface area contributed by atoms with Crippen LogP contribution in [0.3, 0.4) is 0 Å². The van der Waals surface area contributed by atoms with Gasteiger partial charge in [-0.05, 0) is 47.0 Å². The van der Waals surface area contributed by atoms with Gasteiger partial charge in [-0.25, -0.2) is 0 Å². The number of nitrogens with zero attached hydrogens (tertiary/aromatic N) is 2. The van der Waals surface area contributed by atoms with Crippen molar-refractivity contribution in [2.24, 2.45) is 0 Å². The molecule has 19 heavy (non-hydrogen) atoms. The van der Waals surface area contributed by atoms with E-state index in [2.05, 4.69) is 22.0 Å². The first-order valence-electron chi connectivity index (χ1n) is 6.19. The second-order valence-corrected chi connectivity index (χ2v) is 5.34. The molecule has 0 aliphatic heterocycles. The molecule has 0 saturated heterocycles. The van der Waals surface area contributed by atoms with E-state index in [9.17, 15) is 4.79 Å². The molecule has 1 aromatic carbocycles. The van der Waals surface area contributed by atoms with E-state index in [0.717, 1.165) is 17.3 Å². The molecule has 0 atom stereocenters. The van der Waals surface area contributed by atoms with Crippen molar-refractivity contribution in [2.45, 2.75) is 25.3 Å². The van der Waals surface area contributed by atoms with Gasteiger partial charge in [0.05, 0.1) is 24.1 Å². The Labute approximate surface area is 121 Å². The third kappa shape index (κ3) is 3.27. The molecule has 1 amide bonds. The Hall–Kier alpha value is -1.54. The summed E-state index contributed by atoms with van der Waals surface area (Å²) < 4.78 is 5.91. The summed E-state index contributed by atoms with van der Waals surface area (Å²) in [6, 6.07) is 7.70. The molecule has 0 spiro atoms. The smallest absolute Gasteiger partial charge is 0.254 e. The van der Waals surface area contributed by atoms with Crippen molar-refractivity contribution in [1.82, 2.24) is 4.90 Å². The fourth-order valence-electron chi connectivity index (χ4n) is 1.97. The highest BCUT2D eigenvalue weighted by Crippen LogP contribution is 2.30. The first kappa shape index (κ1) is 13.9. The van der Waals surface area contributed by atoms with Crippen LogP contribution in [0.25, 0.3) is 0 Å². The van der Waals surface area contributed by atoms with E-state index in [-0.39, 0.29) is 5.91 Å². The first-order chi connectivity index (χ1) is 9.17. The lowest BCUT2D eigenvalue weighted by Crippen LogP contribution is -2.33. The Morgan fingerprint density at radius 3 is 2.84 bits per heavy atom. The SMILES string of the molecule is COc1ccc(C(=O)N(CCC#N)C2CC2)cc1Br. The van der Waals surface area contributed by atoms with Crippen LogP contribution in [-0.2, 0) is 0 Å². The van der Waals surface area contributed by atoms with Gasteiger partial charge >= 0.3 is 0 Å². The van der Waals surface area contributed by atoms with Crippen molar-refractivity contribution in [3.8, 4) is 11.8 Å². The lowest BCUT2D eigenvalue weighted by molar-refractivity contribution is 0.0746. The van der Waals surface area contributed by atoms with E-state index in [1.165, 1.54) is 0 Å². The highest BCUT2D eigenvalue weighted by Gasteiger charge is 2.32. The van der Waals surface area contributed by atoms with Crippen LogP contribution in [0, 0.1) is 11.3 Å². The maximum absolute atomic E-state index is 12.4. The average molecular weight is 323 g/mol. The van der Waals surface area contributed by atoms with Crippen molar-refractivity contribution in [3.05, 3.63) is 28.2 Å². The van der Waals surface area contributed by atoms with Crippen LogP contribution in [0.15, 0.2) is 22.7 Å². The summed E-state index contributed by atoms with van der Waals surface area (Å²) in [6.45, 7) is 0.504. The highest BCUT2D eigenvalue weighted by molar-refractivity contribution is 9.10. The molecule has 0 unspecified atom stereocenters. The average Bonchev–Trinajstić information content (AvgIpc) is 3.23. The third-order valence-corrected chi connectivity index (χ3v) is 3.73. The van der Waals surface area contributed by atoms with E-state index >= 15 is 0 Å². The maximum Gasteiger partial charge on any atom is 0.254 e. The predicted octanol–water partition coefficient (Wildman–Crippen LogP) is 2.98. The van der Waals surface area contributed by atoms with Gasteiger partial charge in [-0.15, -0.1) is 0 Å². The van der Waals surface area contributed by atoms with E-state index in [0.29, 0.717) is 30.3 Å². The standard InChI is InChI=1S/C14H15BrN2O2/c1-19-13-6-3-10(9-12(13)15)14(18)17(8-2-7-16)11-4-5-11/h3,6,9,11H,2,4-5,8H2,1H3. The monoisotopic (exact) mass is 322 g/mol. The second kappa shape index (κ2) is 6.07. The van der Waals surface area contributed by atoms with Gasteiger partial charge < -0.3 is 9.64 Å². The molecular weight excluding hydrogens is 308 g/mol. The van der Waals surface area contributed by atoms with E-state index in [4.69, 9.17) is 10.00 Å². The fourth-order valence-corrected chi connectivity index (χ4v) is 2.51. The van der Waals surface area contributed by atoms with Gasteiger partial charge in [-0.2, -0.15) is 5.26 Å². The second-order valence-electron chi connectivity index (χ2n) is 4.49. The summed E-state index contributed by atoms with van der Waals surface area (Å²) >= 11 is 3.38. The van der Waals surface area contributed by atoms with Crippen molar-refractivity contribution in [3.63, 3.8) is 0 Å². The zero-order valence-corrected chi connectivity index (χ0v) is 12.3. The maximum atomic E-state index is 12.4. The Bertz CT molecular complexity index is 521. The van der Waals surface area contributed by atoms with Gasteiger partial charge in [0.1, 0.15) is 5.75 Å². The Balaban J connectivity index is 2.17. The summed E-state index contributed by atoms with van der Waals surface area (Å²) in [5, 5.41) is 8.67. The number of benzene rings is 1. The Morgan fingerprint density at radius 1 is 1.58 bits per heavy atom. The van der Waals surface area contributed by atoms with E-state index < -0.39 is 0 Å². The zero-order chi connectivity index (χ0) is 13.8. The molecule has 0 bridgehead atoms. The summed E-state index contributed by atoms with van der Waals surface area (Å²) in [5.74, 6) is 0.688. The quantitative estimate of drug-likeness (QED) is 0.837. The molecule has 1 saturated carbocycles. The highest BCUT2D eigenvalue weighted by atomic mass is 79.9. The van der Waals surface area contributed by atoms with Gasteiger partial charge in [0, 0.05) is 18.2 Å². The Morgan fingerprint density at radius 2 is 2.32 bits per heavy atom. The topological polar surface area (TPSA) is 53.3 Å². The lowest BCUT2D eigenvalue weighted by Gasteiger charge is -2.21. The molecule has 5 heteroatoms. The number of halogens is 1. The zero-order valence-electron chi connectivity index (χ0n) is 10.7. The molecular formula is C14H15BrN2O2. The molecule has 0 N–H and O–H groups in total. The van der Waals surface area contributed by atoms with E-state index in [1.807, 2.05) is 0 Å². The molecule has 0 aromatic heterocycles. The normalized spacial score (nSPS) is 13.7. The van der Waals surface area contributed by atoms with Crippen LogP contribution in [0.4, 0.5) is 0 Å². The molecule has 0 radical (unpaired) electrons. The minimum Gasteiger partial charge on any atom is -0.496 e. The van der Waals surface area contributed by atoms with E-state index in [1.54, 1.807) is 30.2 Å². The molecule has 1 aromatic rings. The largest absolute Gasteiger partial charge is 0.496 e. The predicted molar refractivity (Wildman–Crippen MR) is 75.0 cm³/mol. The fraction of sp³-hybridized carbons (Fsp3) is 0.429. The van der Waals surface area contributed by atoms with Crippen molar-refractivity contribution in [2.75, 3.05) is 13.7 Å². The number of hydrogen-bond donors (Lipinski definition) is 0. The van der Waals surface area contributed by atoms with Crippen LogP contribution < -0.4 is 4.74 Å². The van der Waals surface area contributed by atoms with Crippen LogP contribution >= 0.6 is 15.9 Å². The first-order valence-corrected chi connectivity index (χ1v) is 6.98.